The molecule has 4 aromatic rings. The predicted molar refractivity (Wildman–Crippen MR) is 98.2 cm³/mol. The number of halogens is 1. The number of furan rings is 1. The maximum Gasteiger partial charge on any atom is 0.335 e. The van der Waals surface area contributed by atoms with Crippen molar-refractivity contribution in [3.63, 3.8) is 0 Å². The number of hydrogen-bond donors (Lipinski definition) is 1. The van der Waals surface area contributed by atoms with E-state index in [1.807, 2.05) is 42.6 Å². The fourth-order valence-corrected chi connectivity index (χ4v) is 3.01. The lowest BCUT2D eigenvalue weighted by atomic mass is 10.2. The highest BCUT2D eigenvalue weighted by molar-refractivity contribution is 6.32. The molecule has 0 amide bonds. The molecule has 4 rings (SSSR count). The van der Waals surface area contributed by atoms with E-state index in [9.17, 15) is 4.79 Å². The van der Waals surface area contributed by atoms with Gasteiger partial charge < -0.3 is 18.8 Å². The second kappa shape index (κ2) is 6.61. The largest absolute Gasteiger partial charge is 0.478 e. The first-order valence-corrected chi connectivity index (χ1v) is 8.30. The zero-order valence-electron chi connectivity index (χ0n) is 13.6. The van der Waals surface area contributed by atoms with Crippen molar-refractivity contribution in [2.24, 2.45) is 0 Å². The van der Waals surface area contributed by atoms with Crippen LogP contribution in [0.3, 0.4) is 0 Å². The van der Waals surface area contributed by atoms with E-state index in [0.29, 0.717) is 18.0 Å². The molecule has 130 valence electrons. The number of nitrogens with zero attached hydrogens (tertiary/aromatic N) is 1. The lowest BCUT2D eigenvalue weighted by Crippen LogP contribution is -1.97. The molecular formula is C20H14ClNO4. The minimum atomic E-state index is -1.03. The fourth-order valence-electron chi connectivity index (χ4n) is 2.79. The summed E-state index contributed by atoms with van der Waals surface area (Å²) in [6.45, 7) is 0.652. The van der Waals surface area contributed by atoms with Crippen LogP contribution < -0.4 is 4.74 Å². The number of ether oxygens (including phenoxy) is 1. The van der Waals surface area contributed by atoms with Crippen LogP contribution >= 0.6 is 11.6 Å². The third-order valence-electron chi connectivity index (χ3n) is 4.06. The molecule has 5 nitrogen and oxygen atoms in total. The van der Waals surface area contributed by atoms with E-state index in [-0.39, 0.29) is 10.6 Å². The summed E-state index contributed by atoms with van der Waals surface area (Å²) < 4.78 is 13.3. The summed E-state index contributed by atoms with van der Waals surface area (Å²) >= 11 is 6.12. The molecule has 0 saturated heterocycles. The lowest BCUT2D eigenvalue weighted by molar-refractivity contribution is 0.0697. The van der Waals surface area contributed by atoms with Crippen molar-refractivity contribution >= 4 is 28.5 Å². The molecule has 0 unspecified atom stereocenters. The van der Waals surface area contributed by atoms with Gasteiger partial charge in [0.1, 0.15) is 17.3 Å². The number of rotatable bonds is 5. The van der Waals surface area contributed by atoms with Crippen molar-refractivity contribution in [1.82, 2.24) is 4.57 Å². The average Bonchev–Trinajstić information content (AvgIpc) is 3.27. The van der Waals surface area contributed by atoms with Crippen LogP contribution in [0.5, 0.6) is 11.5 Å². The minimum Gasteiger partial charge on any atom is -0.478 e. The topological polar surface area (TPSA) is 64.6 Å². The number of fused-ring (bicyclic) bond motifs is 1. The highest BCUT2D eigenvalue weighted by Crippen LogP contribution is 2.32. The normalized spacial score (nSPS) is 11.0. The Morgan fingerprint density at radius 3 is 2.77 bits per heavy atom. The van der Waals surface area contributed by atoms with Gasteiger partial charge >= 0.3 is 5.97 Å². The molecule has 2 aromatic heterocycles. The van der Waals surface area contributed by atoms with Crippen molar-refractivity contribution < 1.29 is 19.1 Å². The van der Waals surface area contributed by atoms with E-state index in [0.717, 1.165) is 16.7 Å². The maximum atomic E-state index is 11.0. The van der Waals surface area contributed by atoms with Gasteiger partial charge in [-0.2, -0.15) is 0 Å². The smallest absolute Gasteiger partial charge is 0.335 e. The van der Waals surface area contributed by atoms with Gasteiger partial charge in [-0.15, -0.1) is 0 Å². The number of aromatic nitrogens is 1. The Morgan fingerprint density at radius 1 is 1.15 bits per heavy atom. The molecule has 0 aliphatic rings. The van der Waals surface area contributed by atoms with Gasteiger partial charge in [-0.25, -0.2) is 4.79 Å². The molecule has 0 radical (unpaired) electrons. The highest BCUT2D eigenvalue weighted by Gasteiger charge is 2.10. The first-order valence-electron chi connectivity index (χ1n) is 7.92. The molecule has 1 N–H and O–H groups in total. The van der Waals surface area contributed by atoms with Crippen LogP contribution in [0.15, 0.2) is 71.5 Å². The SMILES string of the molecule is O=C(O)c1ccc(Oc2ccc3c(ccn3Cc3ccco3)c2)c(Cl)c1. The van der Waals surface area contributed by atoms with E-state index in [4.69, 9.17) is 25.9 Å². The molecule has 0 aliphatic carbocycles. The Labute approximate surface area is 154 Å². The Bertz CT molecular complexity index is 1080. The number of carboxylic acid groups (broad SMARTS) is 1. The first-order chi connectivity index (χ1) is 12.6. The van der Waals surface area contributed by atoms with Gasteiger partial charge in [-0.05, 0) is 54.6 Å². The molecular weight excluding hydrogens is 354 g/mol. The van der Waals surface area contributed by atoms with Crippen LogP contribution in [0.2, 0.25) is 5.02 Å². The number of carbonyl (C=O) groups is 1. The van der Waals surface area contributed by atoms with Crippen LogP contribution in [0.1, 0.15) is 16.1 Å². The second-order valence-corrected chi connectivity index (χ2v) is 6.20. The summed E-state index contributed by atoms with van der Waals surface area (Å²) in [5.41, 5.74) is 1.17. The van der Waals surface area contributed by atoms with E-state index in [2.05, 4.69) is 4.57 Å². The van der Waals surface area contributed by atoms with E-state index < -0.39 is 5.97 Å². The van der Waals surface area contributed by atoms with Crippen LogP contribution in [-0.4, -0.2) is 15.6 Å². The van der Waals surface area contributed by atoms with Gasteiger partial charge in [0.05, 0.1) is 23.4 Å². The van der Waals surface area contributed by atoms with Crippen molar-refractivity contribution in [2.75, 3.05) is 0 Å². The van der Waals surface area contributed by atoms with Crippen LogP contribution in [0.4, 0.5) is 0 Å². The van der Waals surface area contributed by atoms with Gasteiger partial charge in [-0.3, -0.25) is 0 Å². The summed E-state index contributed by atoms with van der Waals surface area (Å²) in [5.74, 6) is 0.884. The van der Waals surface area contributed by atoms with Crippen molar-refractivity contribution in [3.8, 4) is 11.5 Å². The van der Waals surface area contributed by atoms with Crippen molar-refractivity contribution in [1.29, 1.82) is 0 Å². The number of hydrogen-bond acceptors (Lipinski definition) is 3. The quantitative estimate of drug-likeness (QED) is 0.511. The first kappa shape index (κ1) is 16.3. The Hall–Kier alpha value is -3.18. The summed E-state index contributed by atoms with van der Waals surface area (Å²) in [5, 5.41) is 10.3. The lowest BCUT2D eigenvalue weighted by Gasteiger charge is -2.09. The molecule has 6 heteroatoms. The van der Waals surface area contributed by atoms with E-state index >= 15 is 0 Å². The monoisotopic (exact) mass is 367 g/mol. The Balaban J connectivity index is 1.59. The molecule has 0 aliphatic heterocycles. The summed E-state index contributed by atoms with van der Waals surface area (Å²) in [4.78, 5) is 11.0. The number of benzene rings is 2. The molecule has 0 fully saturated rings. The third-order valence-corrected chi connectivity index (χ3v) is 4.35. The Morgan fingerprint density at radius 2 is 2.04 bits per heavy atom. The second-order valence-electron chi connectivity index (χ2n) is 5.80. The maximum absolute atomic E-state index is 11.0. The summed E-state index contributed by atoms with van der Waals surface area (Å²) in [7, 11) is 0. The van der Waals surface area contributed by atoms with Gasteiger partial charge in [0.2, 0.25) is 0 Å². The van der Waals surface area contributed by atoms with Gasteiger partial charge in [-0.1, -0.05) is 11.6 Å². The minimum absolute atomic E-state index is 0.118. The third kappa shape index (κ3) is 3.17. The van der Waals surface area contributed by atoms with Crippen molar-refractivity contribution in [2.45, 2.75) is 6.54 Å². The van der Waals surface area contributed by atoms with Crippen LogP contribution in [0.25, 0.3) is 10.9 Å². The van der Waals surface area contributed by atoms with Crippen molar-refractivity contribution in [3.05, 3.63) is 83.4 Å². The molecule has 0 saturated carbocycles. The zero-order chi connectivity index (χ0) is 18.1. The summed E-state index contributed by atoms with van der Waals surface area (Å²) in [6.07, 6.45) is 3.65. The fraction of sp³-hybridized carbons (Fsp3) is 0.0500. The standard InChI is InChI=1S/C20H14ClNO4/c21-17-11-14(20(23)24)3-6-19(17)26-15-4-5-18-13(10-15)7-8-22(18)12-16-2-1-9-25-16/h1-11H,12H2,(H,23,24). The van der Waals surface area contributed by atoms with Gasteiger partial charge in [0.15, 0.2) is 0 Å². The zero-order valence-corrected chi connectivity index (χ0v) is 14.3. The molecule has 0 spiro atoms. The molecule has 0 atom stereocenters. The van der Waals surface area contributed by atoms with Crippen LogP contribution in [-0.2, 0) is 6.54 Å². The molecule has 2 heterocycles. The van der Waals surface area contributed by atoms with Crippen LogP contribution in [0, 0.1) is 0 Å². The highest BCUT2D eigenvalue weighted by atomic mass is 35.5. The summed E-state index contributed by atoms with van der Waals surface area (Å²) in [6, 6.07) is 15.9. The van der Waals surface area contributed by atoms with E-state index in [1.54, 1.807) is 12.3 Å². The number of carboxylic acids is 1. The number of aromatic carboxylic acids is 1. The molecule has 2 aromatic carbocycles. The average molecular weight is 368 g/mol. The predicted octanol–water partition coefficient (Wildman–Crippen LogP) is 5.43. The Kier molecular flexibility index (Phi) is 4.14. The van der Waals surface area contributed by atoms with Gasteiger partial charge in [0, 0.05) is 17.1 Å². The molecule has 26 heavy (non-hydrogen) atoms. The van der Waals surface area contributed by atoms with E-state index in [1.165, 1.54) is 12.1 Å². The molecule has 0 bridgehead atoms. The van der Waals surface area contributed by atoms with Gasteiger partial charge in [0.25, 0.3) is 0 Å².